The van der Waals surface area contributed by atoms with Gasteiger partial charge in [-0.15, -0.1) is 0 Å². The van der Waals surface area contributed by atoms with Gasteiger partial charge in [-0.05, 0) is 37.5 Å². The highest BCUT2D eigenvalue weighted by molar-refractivity contribution is 6.31. The molecule has 3 aliphatic rings. The lowest BCUT2D eigenvalue weighted by Gasteiger charge is -2.45. The van der Waals surface area contributed by atoms with Crippen molar-refractivity contribution in [3.8, 4) is 11.3 Å². The van der Waals surface area contributed by atoms with Gasteiger partial charge in [0.2, 0.25) is 0 Å². The zero-order chi connectivity index (χ0) is 26.1. The van der Waals surface area contributed by atoms with Crippen molar-refractivity contribution in [2.45, 2.75) is 70.1 Å². The number of hydrogen-bond donors (Lipinski definition) is 1. The van der Waals surface area contributed by atoms with Gasteiger partial charge in [0.1, 0.15) is 17.5 Å². The molecule has 2 aromatic carbocycles. The van der Waals surface area contributed by atoms with E-state index in [0.29, 0.717) is 6.04 Å². The highest BCUT2D eigenvalue weighted by Gasteiger charge is 2.46. The summed E-state index contributed by atoms with van der Waals surface area (Å²) < 4.78 is 6.54. The minimum atomic E-state index is 0.0622. The van der Waals surface area contributed by atoms with Gasteiger partial charge in [0.25, 0.3) is 0 Å². The van der Waals surface area contributed by atoms with Crippen molar-refractivity contribution in [1.82, 2.24) is 20.0 Å². The highest BCUT2D eigenvalue weighted by atomic mass is 35.5. The fourth-order valence-corrected chi connectivity index (χ4v) is 6.95. The number of amides is 2. The number of fused-ring (bicyclic) bond motifs is 1. The molecule has 0 radical (unpaired) electrons. The number of nitrogens with zero attached hydrogens (tertiary/aromatic N) is 3. The number of carbonyl (C=O) groups is 1. The van der Waals surface area contributed by atoms with Gasteiger partial charge < -0.3 is 19.5 Å². The number of urea groups is 1. The molecule has 2 aliphatic heterocycles. The summed E-state index contributed by atoms with van der Waals surface area (Å²) in [5.41, 5.74) is 3.05. The minimum Gasteiger partial charge on any atom is -0.456 e. The lowest BCUT2D eigenvalue weighted by Crippen LogP contribution is -2.58. The van der Waals surface area contributed by atoms with Crippen LogP contribution in [0.2, 0.25) is 5.02 Å². The first-order chi connectivity index (χ1) is 18.6. The van der Waals surface area contributed by atoms with Crippen molar-refractivity contribution < 1.29 is 9.21 Å². The van der Waals surface area contributed by atoms with E-state index in [1.807, 2.05) is 24.3 Å². The first-order valence-corrected chi connectivity index (χ1v) is 14.8. The Morgan fingerprint density at radius 1 is 1.08 bits per heavy atom. The van der Waals surface area contributed by atoms with E-state index < -0.39 is 0 Å². The van der Waals surface area contributed by atoms with Crippen LogP contribution in [0.4, 0.5) is 4.79 Å². The number of rotatable bonds is 7. The highest BCUT2D eigenvalue weighted by Crippen LogP contribution is 2.40. The van der Waals surface area contributed by atoms with Gasteiger partial charge in [0, 0.05) is 53.8 Å². The molecule has 1 aromatic heterocycles. The fraction of sp³-hybridized carbons (Fsp3) is 0.516. The van der Waals surface area contributed by atoms with Gasteiger partial charge in [-0.2, -0.15) is 0 Å². The quantitative estimate of drug-likeness (QED) is 0.358. The van der Waals surface area contributed by atoms with Crippen LogP contribution in [0.3, 0.4) is 0 Å². The minimum absolute atomic E-state index is 0.0622. The van der Waals surface area contributed by atoms with Crippen LogP contribution in [0.5, 0.6) is 0 Å². The molecule has 202 valence electrons. The average Bonchev–Trinajstić information content (AvgIpc) is 3.53. The lowest BCUT2D eigenvalue weighted by molar-refractivity contribution is 0.0163. The number of benzene rings is 2. The second-order valence-corrected chi connectivity index (χ2v) is 11.5. The van der Waals surface area contributed by atoms with E-state index in [1.165, 1.54) is 19.3 Å². The Morgan fingerprint density at radius 3 is 2.68 bits per heavy atom. The number of unbranched alkanes of at least 4 members (excludes halogenated alkanes) is 1. The molecular weight excluding hydrogens is 496 g/mol. The number of halogens is 1. The maximum absolute atomic E-state index is 13.8. The molecule has 0 spiro atoms. The van der Waals surface area contributed by atoms with Gasteiger partial charge in [-0.25, -0.2) is 4.79 Å². The predicted molar refractivity (Wildman–Crippen MR) is 153 cm³/mol. The molecule has 1 saturated carbocycles. The van der Waals surface area contributed by atoms with E-state index in [4.69, 9.17) is 16.0 Å². The third kappa shape index (κ3) is 4.94. The second-order valence-electron chi connectivity index (χ2n) is 11.1. The van der Waals surface area contributed by atoms with Crippen molar-refractivity contribution in [3.05, 3.63) is 59.1 Å². The van der Waals surface area contributed by atoms with Gasteiger partial charge in [-0.1, -0.05) is 74.5 Å². The van der Waals surface area contributed by atoms with Crippen molar-refractivity contribution in [3.63, 3.8) is 0 Å². The van der Waals surface area contributed by atoms with Crippen LogP contribution in [0.1, 0.15) is 63.5 Å². The Kier molecular flexibility index (Phi) is 7.64. The van der Waals surface area contributed by atoms with Crippen molar-refractivity contribution in [1.29, 1.82) is 0 Å². The monoisotopic (exact) mass is 534 g/mol. The molecule has 2 saturated heterocycles. The summed E-state index contributed by atoms with van der Waals surface area (Å²) in [5.74, 6) is 0.852. The molecular formula is C31H39ClN4O2. The fourth-order valence-electron chi connectivity index (χ4n) is 6.71. The summed E-state index contributed by atoms with van der Waals surface area (Å²) in [6.07, 6.45) is 8.13. The molecule has 3 fully saturated rings. The molecule has 1 N–H and O–H groups in total. The maximum atomic E-state index is 13.8. The van der Waals surface area contributed by atoms with Gasteiger partial charge >= 0.3 is 6.03 Å². The Morgan fingerprint density at radius 2 is 1.89 bits per heavy atom. The third-order valence-electron chi connectivity index (χ3n) is 8.64. The van der Waals surface area contributed by atoms with Crippen LogP contribution in [-0.4, -0.2) is 65.7 Å². The van der Waals surface area contributed by atoms with Gasteiger partial charge in [0.05, 0.1) is 12.6 Å². The average molecular weight is 535 g/mol. The van der Waals surface area contributed by atoms with Crippen LogP contribution >= 0.6 is 11.6 Å². The largest absolute Gasteiger partial charge is 0.456 e. The van der Waals surface area contributed by atoms with Gasteiger partial charge in [0.15, 0.2) is 0 Å². The molecule has 0 bridgehead atoms. The Labute approximate surface area is 230 Å². The first kappa shape index (κ1) is 25.7. The van der Waals surface area contributed by atoms with E-state index >= 15 is 0 Å². The van der Waals surface area contributed by atoms with Crippen molar-refractivity contribution in [2.24, 2.45) is 0 Å². The second kappa shape index (κ2) is 11.3. The van der Waals surface area contributed by atoms with Crippen LogP contribution in [-0.2, 0) is 0 Å². The SMILES string of the molecule is CCCCN1CC(N2CCNCC2c2cc(Cl)cc3cc(-c4ccccc4)oc23)N(C2CCCCC2)C1=O. The van der Waals surface area contributed by atoms with E-state index in [0.717, 1.165) is 91.3 Å². The lowest BCUT2D eigenvalue weighted by atomic mass is 9.93. The first-order valence-electron chi connectivity index (χ1n) is 14.5. The maximum Gasteiger partial charge on any atom is 0.321 e. The summed E-state index contributed by atoms with van der Waals surface area (Å²) >= 11 is 6.71. The number of nitrogens with one attached hydrogen (secondary N) is 1. The standard InChI is InChI=1S/C31H39ClN4O2/c1-2-3-15-34-21-29(36(31(34)37)25-12-8-5-9-13-25)35-16-14-33-20-27(35)26-19-24(32)17-23-18-28(38-30(23)26)22-10-6-4-7-11-22/h4,6-7,10-11,17-19,25,27,29,33H,2-3,5,8-9,12-16,20-21H2,1H3. The molecule has 2 unspecified atom stereocenters. The van der Waals surface area contributed by atoms with Crippen LogP contribution in [0.15, 0.2) is 52.9 Å². The number of carbonyl (C=O) groups excluding carboxylic acids is 1. The zero-order valence-corrected chi connectivity index (χ0v) is 23.1. The Balaban J connectivity index is 1.38. The summed E-state index contributed by atoms with van der Waals surface area (Å²) in [7, 11) is 0. The number of furan rings is 1. The molecule has 2 amide bonds. The topological polar surface area (TPSA) is 52.0 Å². The molecule has 38 heavy (non-hydrogen) atoms. The van der Waals surface area contributed by atoms with Crippen molar-refractivity contribution in [2.75, 3.05) is 32.7 Å². The smallest absolute Gasteiger partial charge is 0.321 e. The molecule has 2 atom stereocenters. The number of piperazine rings is 1. The molecule has 3 heterocycles. The Bertz CT molecular complexity index is 1260. The predicted octanol–water partition coefficient (Wildman–Crippen LogP) is 6.90. The summed E-state index contributed by atoms with van der Waals surface area (Å²) in [6, 6.07) is 17.0. The molecule has 6 nitrogen and oxygen atoms in total. The third-order valence-corrected chi connectivity index (χ3v) is 8.86. The van der Waals surface area contributed by atoms with Crippen LogP contribution in [0.25, 0.3) is 22.3 Å². The van der Waals surface area contributed by atoms with Crippen LogP contribution < -0.4 is 5.32 Å². The summed E-state index contributed by atoms with van der Waals surface area (Å²) in [4.78, 5) is 20.7. The Hall–Kier alpha value is -2.54. The van der Waals surface area contributed by atoms with E-state index in [1.54, 1.807) is 0 Å². The molecule has 6 rings (SSSR count). The van der Waals surface area contributed by atoms with E-state index in [9.17, 15) is 4.79 Å². The molecule has 7 heteroatoms. The van der Waals surface area contributed by atoms with E-state index in [2.05, 4.69) is 51.2 Å². The molecule has 3 aromatic rings. The number of hydrogen-bond acceptors (Lipinski definition) is 4. The van der Waals surface area contributed by atoms with Crippen LogP contribution in [0, 0.1) is 0 Å². The van der Waals surface area contributed by atoms with E-state index in [-0.39, 0.29) is 18.2 Å². The molecule has 1 aliphatic carbocycles. The summed E-state index contributed by atoms with van der Waals surface area (Å²) in [6.45, 7) is 6.39. The summed E-state index contributed by atoms with van der Waals surface area (Å²) in [5, 5.41) is 5.36. The zero-order valence-electron chi connectivity index (χ0n) is 22.4. The normalized spacial score (nSPS) is 23.6. The van der Waals surface area contributed by atoms with Gasteiger partial charge in [-0.3, -0.25) is 4.90 Å². The van der Waals surface area contributed by atoms with Crippen molar-refractivity contribution >= 4 is 28.6 Å².